The molecule has 2 heterocycles. The van der Waals surface area contributed by atoms with Crippen LogP contribution in [0.3, 0.4) is 0 Å². The fraction of sp³-hybridized carbons (Fsp3) is 0.350. The first-order chi connectivity index (χ1) is 13.5. The van der Waals surface area contributed by atoms with Gasteiger partial charge in [0, 0.05) is 49.1 Å². The summed E-state index contributed by atoms with van der Waals surface area (Å²) in [5, 5.41) is 2.94. The number of carbonyl (C=O) groups excluding carboxylic acids is 1. The Labute approximate surface area is 161 Å². The molecule has 2 saturated heterocycles. The molecule has 1 unspecified atom stereocenters. The van der Waals surface area contributed by atoms with Crippen molar-refractivity contribution in [2.24, 2.45) is 0 Å². The van der Waals surface area contributed by atoms with Crippen LogP contribution < -0.4 is 25.8 Å². The fourth-order valence-electron chi connectivity index (χ4n) is 3.80. The molecule has 2 aliphatic heterocycles. The number of amides is 1. The van der Waals surface area contributed by atoms with Crippen molar-refractivity contribution < 1.29 is 18.3 Å². The molecule has 1 amide bonds. The van der Waals surface area contributed by atoms with Crippen LogP contribution in [0, 0.1) is 11.6 Å². The number of methoxy groups -OCH3 is 1. The number of nitrogens with zero attached hydrogens (tertiary/aromatic N) is 1. The minimum Gasteiger partial charge on any atom is -0.496 e. The fourth-order valence-corrected chi connectivity index (χ4v) is 3.80. The van der Waals surface area contributed by atoms with E-state index in [2.05, 4.69) is 16.2 Å². The number of hydrazine groups is 1. The van der Waals surface area contributed by atoms with Crippen molar-refractivity contribution in [2.75, 3.05) is 37.0 Å². The van der Waals surface area contributed by atoms with Crippen LogP contribution in [-0.2, 0) is 4.79 Å². The van der Waals surface area contributed by atoms with E-state index in [0.717, 1.165) is 36.2 Å². The Morgan fingerprint density at radius 1 is 1.11 bits per heavy atom. The highest BCUT2D eigenvalue weighted by molar-refractivity contribution is 6.01. The van der Waals surface area contributed by atoms with E-state index in [9.17, 15) is 13.6 Å². The number of rotatable bonds is 5. The van der Waals surface area contributed by atoms with Gasteiger partial charge in [0.15, 0.2) is 0 Å². The standard InChI is InChI=1S/C20H22F2N4O2/c1-28-19-9-16(2-3-17(19)12-10-23-24-11-12)26-5-4-18(20(26)27)25-15-7-13(21)6-14(22)8-15/h2-3,6-9,12,18,23-25H,4-5,10-11H2,1H3. The number of halogens is 2. The van der Waals surface area contributed by atoms with Crippen molar-refractivity contribution in [1.29, 1.82) is 0 Å². The maximum atomic E-state index is 13.4. The zero-order valence-corrected chi connectivity index (χ0v) is 15.5. The van der Waals surface area contributed by atoms with Crippen LogP contribution in [0.5, 0.6) is 5.75 Å². The molecule has 3 N–H and O–H groups in total. The molecule has 4 rings (SSSR count). The highest BCUT2D eigenvalue weighted by atomic mass is 19.1. The molecule has 2 aliphatic rings. The highest BCUT2D eigenvalue weighted by Gasteiger charge is 2.33. The highest BCUT2D eigenvalue weighted by Crippen LogP contribution is 2.33. The van der Waals surface area contributed by atoms with Gasteiger partial charge in [-0.2, -0.15) is 0 Å². The summed E-state index contributed by atoms with van der Waals surface area (Å²) in [6, 6.07) is 8.41. The Hall–Kier alpha value is -2.71. The third-order valence-electron chi connectivity index (χ3n) is 5.20. The Balaban J connectivity index is 1.51. The van der Waals surface area contributed by atoms with Gasteiger partial charge < -0.3 is 15.0 Å². The molecule has 2 aromatic carbocycles. The summed E-state index contributed by atoms with van der Waals surface area (Å²) < 4.78 is 32.3. The molecule has 0 aromatic heterocycles. The molecule has 0 aliphatic carbocycles. The summed E-state index contributed by atoms with van der Waals surface area (Å²) >= 11 is 0. The second-order valence-corrected chi connectivity index (χ2v) is 7.02. The van der Waals surface area contributed by atoms with Gasteiger partial charge in [-0.25, -0.2) is 8.78 Å². The lowest BCUT2D eigenvalue weighted by atomic mass is 9.98. The summed E-state index contributed by atoms with van der Waals surface area (Å²) in [6.45, 7) is 2.15. The van der Waals surface area contributed by atoms with Crippen LogP contribution in [0.15, 0.2) is 36.4 Å². The zero-order chi connectivity index (χ0) is 19.7. The summed E-state index contributed by atoms with van der Waals surface area (Å²) in [5.74, 6) is -0.453. The van der Waals surface area contributed by atoms with Crippen molar-refractivity contribution in [2.45, 2.75) is 18.4 Å². The lowest BCUT2D eigenvalue weighted by Crippen LogP contribution is -2.33. The minimum absolute atomic E-state index is 0.135. The van der Waals surface area contributed by atoms with Gasteiger partial charge in [0.25, 0.3) is 0 Å². The molecule has 8 heteroatoms. The zero-order valence-electron chi connectivity index (χ0n) is 15.5. The smallest absolute Gasteiger partial charge is 0.249 e. The topological polar surface area (TPSA) is 65.6 Å². The number of anilines is 2. The molecule has 1 atom stereocenters. The molecule has 2 fully saturated rings. The average Bonchev–Trinajstić information content (AvgIpc) is 3.31. The summed E-state index contributed by atoms with van der Waals surface area (Å²) in [7, 11) is 1.62. The Kier molecular flexibility index (Phi) is 5.15. The lowest BCUT2D eigenvalue weighted by molar-refractivity contribution is -0.117. The minimum atomic E-state index is -0.680. The Bertz CT molecular complexity index is 866. The molecule has 2 aromatic rings. The number of nitrogens with one attached hydrogen (secondary N) is 3. The van der Waals surface area contributed by atoms with Crippen LogP contribution in [0.2, 0.25) is 0 Å². The predicted octanol–water partition coefficient (Wildman–Crippen LogP) is 2.38. The third kappa shape index (κ3) is 3.65. The Morgan fingerprint density at radius 3 is 2.50 bits per heavy atom. The van der Waals surface area contributed by atoms with Crippen LogP contribution in [0.25, 0.3) is 0 Å². The van der Waals surface area contributed by atoms with Crippen molar-refractivity contribution in [3.05, 3.63) is 53.6 Å². The number of ether oxygens (including phenoxy) is 1. The first kappa shape index (κ1) is 18.6. The van der Waals surface area contributed by atoms with E-state index in [1.807, 2.05) is 18.2 Å². The van der Waals surface area contributed by atoms with Gasteiger partial charge in [-0.05, 0) is 30.2 Å². The maximum absolute atomic E-state index is 13.4. The van der Waals surface area contributed by atoms with E-state index in [4.69, 9.17) is 4.74 Å². The predicted molar refractivity (Wildman–Crippen MR) is 102 cm³/mol. The van der Waals surface area contributed by atoms with E-state index < -0.39 is 17.7 Å². The molecule has 0 radical (unpaired) electrons. The third-order valence-corrected chi connectivity index (χ3v) is 5.20. The van der Waals surface area contributed by atoms with Crippen molar-refractivity contribution >= 4 is 17.3 Å². The molecule has 0 saturated carbocycles. The van der Waals surface area contributed by atoms with Crippen LogP contribution >= 0.6 is 0 Å². The summed E-state index contributed by atoms with van der Waals surface area (Å²) in [6.07, 6.45) is 0.539. The first-order valence-corrected chi connectivity index (χ1v) is 9.23. The second-order valence-electron chi connectivity index (χ2n) is 7.02. The van der Waals surface area contributed by atoms with Gasteiger partial charge in [-0.15, -0.1) is 0 Å². The van der Waals surface area contributed by atoms with Gasteiger partial charge in [-0.1, -0.05) is 6.07 Å². The number of carbonyl (C=O) groups is 1. The van der Waals surface area contributed by atoms with Crippen LogP contribution in [0.4, 0.5) is 20.2 Å². The normalized spacial score (nSPS) is 20.0. The molecule has 28 heavy (non-hydrogen) atoms. The second kappa shape index (κ2) is 7.73. The molecule has 6 nitrogen and oxygen atoms in total. The van der Waals surface area contributed by atoms with Gasteiger partial charge in [0.05, 0.1) is 7.11 Å². The monoisotopic (exact) mass is 388 g/mol. The molecule has 0 bridgehead atoms. The van der Waals surface area contributed by atoms with Crippen molar-refractivity contribution in [3.8, 4) is 5.75 Å². The van der Waals surface area contributed by atoms with Crippen LogP contribution in [0.1, 0.15) is 17.9 Å². The van der Waals surface area contributed by atoms with E-state index in [-0.39, 0.29) is 11.6 Å². The number of hydrogen-bond donors (Lipinski definition) is 3. The number of hydrogen-bond acceptors (Lipinski definition) is 5. The summed E-state index contributed by atoms with van der Waals surface area (Å²) in [5.41, 5.74) is 8.30. The average molecular weight is 388 g/mol. The summed E-state index contributed by atoms with van der Waals surface area (Å²) in [4.78, 5) is 14.5. The maximum Gasteiger partial charge on any atom is 0.249 e. The van der Waals surface area contributed by atoms with Gasteiger partial charge >= 0.3 is 0 Å². The molecule has 148 valence electrons. The molecular formula is C20H22F2N4O2. The van der Waals surface area contributed by atoms with E-state index >= 15 is 0 Å². The van der Waals surface area contributed by atoms with Crippen molar-refractivity contribution in [3.63, 3.8) is 0 Å². The quantitative estimate of drug-likeness (QED) is 0.734. The van der Waals surface area contributed by atoms with Gasteiger partial charge in [0.2, 0.25) is 5.91 Å². The van der Waals surface area contributed by atoms with E-state index in [1.54, 1.807) is 12.0 Å². The largest absolute Gasteiger partial charge is 0.496 e. The molecular weight excluding hydrogens is 366 g/mol. The van der Waals surface area contributed by atoms with Gasteiger partial charge in [-0.3, -0.25) is 15.6 Å². The van der Waals surface area contributed by atoms with Crippen molar-refractivity contribution in [1.82, 2.24) is 10.9 Å². The van der Waals surface area contributed by atoms with Gasteiger partial charge in [0.1, 0.15) is 23.4 Å². The van der Waals surface area contributed by atoms with E-state index in [0.29, 0.717) is 18.9 Å². The van der Waals surface area contributed by atoms with Crippen LogP contribution in [-0.4, -0.2) is 38.7 Å². The number of benzene rings is 2. The molecule has 0 spiro atoms. The Morgan fingerprint density at radius 2 is 1.82 bits per heavy atom. The SMILES string of the molecule is COc1cc(N2CCC(Nc3cc(F)cc(F)c3)C2=O)ccc1C1CNNC1. The van der Waals surface area contributed by atoms with E-state index in [1.165, 1.54) is 12.1 Å². The lowest BCUT2D eigenvalue weighted by Gasteiger charge is -2.21. The first-order valence-electron chi connectivity index (χ1n) is 9.23.